The van der Waals surface area contributed by atoms with Gasteiger partial charge in [0.05, 0.1) is 36.1 Å². The highest BCUT2D eigenvalue weighted by Crippen LogP contribution is 2.52. The smallest absolute Gasteiger partial charge is 0.465 e. The number of non-ortho nitro benzene ring substituents is 1. The van der Waals surface area contributed by atoms with Crippen molar-refractivity contribution in [2.24, 2.45) is 0 Å². The summed E-state index contributed by atoms with van der Waals surface area (Å²) in [6.45, 7) is 10.2. The van der Waals surface area contributed by atoms with Gasteiger partial charge in [0.1, 0.15) is 108 Å². The van der Waals surface area contributed by atoms with Crippen molar-refractivity contribution in [2.75, 3.05) is 37.9 Å². The van der Waals surface area contributed by atoms with Crippen molar-refractivity contribution in [3.63, 3.8) is 0 Å². The number of benzene rings is 3. The fraction of sp³-hybridized carbons (Fsp3) is 0.590. The Morgan fingerprint density at radius 1 is 0.556 bits per heavy atom. The third-order valence-corrected chi connectivity index (χ3v) is 23.7. The number of nitriles is 2. The van der Waals surface area contributed by atoms with Crippen LogP contribution in [0, 0.1) is 32.8 Å². The molecule has 2 unspecified atom stereocenters. The average molecular weight is 1660 g/mol. The topological polar surface area (TPSA) is 448 Å². The molecule has 0 aliphatic carbocycles. The Morgan fingerprint density at radius 2 is 0.940 bits per heavy atom. The molecular weight excluding hydrogens is 1540 g/mol. The molecule has 0 saturated carbocycles. The van der Waals surface area contributed by atoms with Crippen LogP contribution in [-0.4, -0.2) is 141 Å². The van der Waals surface area contributed by atoms with Crippen LogP contribution in [0.2, 0.25) is 0 Å². The SMILES string of the molecule is CC1(C)O[C@H]2[C@H](c3ccc4c(N)ncnn34)O[C@](C#N)(CO)[C@H]2O1.CCCCCCCCCCCCCCCCOC(=O)[C@H](C)NP(=O)(OC[C@@]1(C#N)O[C@@H](c2ccc3c(N)ncnn23)[C@H](O)[C@@H]1O)Oc1ccccc1.CCCCCCCCCCCCCCCCOC(=O)[C@H](C)NP(=O)(Oc1ccccc1)Oc1ccc([N+](=O)[O-])cc1. The lowest BCUT2D eigenvalue weighted by Crippen LogP contribution is -2.46. The number of nitrogens with zero attached hydrogens (tertiary/aromatic N) is 9. The minimum atomic E-state index is -4.42. The summed E-state index contributed by atoms with van der Waals surface area (Å²) in [5.74, 6) is -1.06. The van der Waals surface area contributed by atoms with Crippen LogP contribution in [-0.2, 0) is 51.7 Å². The maximum atomic E-state index is 14.1. The van der Waals surface area contributed by atoms with E-state index in [4.69, 9.17) is 58.0 Å². The predicted molar refractivity (Wildman–Crippen MR) is 439 cm³/mol. The van der Waals surface area contributed by atoms with Gasteiger partial charge in [-0.2, -0.15) is 30.9 Å². The van der Waals surface area contributed by atoms with Crippen LogP contribution in [0.1, 0.15) is 245 Å². The number of nitrogen functional groups attached to an aromatic ring is 2. The van der Waals surface area contributed by atoms with Crippen molar-refractivity contribution in [1.29, 1.82) is 10.5 Å². The van der Waals surface area contributed by atoms with Crippen LogP contribution in [0.15, 0.2) is 122 Å². The fourth-order valence-electron chi connectivity index (χ4n) is 14.0. The molecule has 0 amide bonds. The number of carbonyl (C=O) groups excluding carboxylic acids is 2. The highest BCUT2D eigenvalue weighted by Gasteiger charge is 2.64. The lowest BCUT2D eigenvalue weighted by atomic mass is 9.96. The molecule has 10 rings (SSSR count). The van der Waals surface area contributed by atoms with Gasteiger partial charge >= 0.3 is 27.4 Å². The number of fused-ring (bicyclic) bond motifs is 3. The molecular formula is C83H119N13O19P2. The first-order valence-electron chi connectivity index (χ1n) is 41.2. The van der Waals surface area contributed by atoms with Crippen molar-refractivity contribution >= 4 is 55.8 Å². The zero-order chi connectivity index (χ0) is 84.3. The van der Waals surface area contributed by atoms with E-state index < -0.39 is 111 Å². The third kappa shape index (κ3) is 27.9. The average Bonchev–Trinajstić information content (AvgIpc) is 1.57. The molecule has 117 heavy (non-hydrogen) atoms. The Hall–Kier alpha value is -8.72. The van der Waals surface area contributed by atoms with Crippen LogP contribution in [0.25, 0.3) is 11.0 Å². The fourth-order valence-corrected chi connectivity index (χ4v) is 17.0. The van der Waals surface area contributed by atoms with Crippen molar-refractivity contribution in [3.8, 4) is 29.4 Å². The number of ether oxygens (including phenoxy) is 6. The summed E-state index contributed by atoms with van der Waals surface area (Å²) in [5.41, 5.74) is 10.00. The van der Waals surface area contributed by atoms with Crippen LogP contribution in [0.5, 0.6) is 17.2 Å². The van der Waals surface area contributed by atoms with E-state index in [-0.39, 0.29) is 42.0 Å². The molecule has 3 aliphatic heterocycles. The number of nitro groups is 1. The number of esters is 2. The monoisotopic (exact) mass is 1660 g/mol. The Labute approximate surface area is 685 Å². The second-order valence-corrected chi connectivity index (χ2v) is 33.6. The van der Waals surface area contributed by atoms with E-state index in [1.807, 2.05) is 12.1 Å². The van der Waals surface area contributed by atoms with Gasteiger partial charge in [-0.15, -0.1) is 0 Å². The molecule has 3 aliphatic rings. The zero-order valence-electron chi connectivity index (χ0n) is 68.2. The molecule has 0 spiro atoms. The number of para-hydroxylation sites is 2. The van der Waals surface area contributed by atoms with E-state index in [2.05, 4.69) is 44.2 Å². The normalized spacial score (nSPS) is 21.4. The summed E-state index contributed by atoms with van der Waals surface area (Å²) < 4.78 is 87.8. The number of hydrogen-bond acceptors (Lipinski definition) is 27. The second kappa shape index (κ2) is 47.2. The van der Waals surface area contributed by atoms with Gasteiger partial charge in [0.25, 0.3) is 5.69 Å². The Kier molecular flexibility index (Phi) is 37.8. The molecule has 9 N–H and O–H groups in total. The number of unbranched alkanes of at least 4 members (excludes halogenated alkanes) is 26. The largest absolute Gasteiger partial charge is 0.513 e. The molecule has 0 radical (unpaired) electrons. The van der Waals surface area contributed by atoms with Gasteiger partial charge in [-0.25, -0.2) is 28.1 Å². The molecule has 7 aromatic rings. The highest BCUT2D eigenvalue weighted by molar-refractivity contribution is 7.52. The lowest BCUT2D eigenvalue weighted by molar-refractivity contribution is -0.384. The third-order valence-electron chi connectivity index (χ3n) is 20.4. The second-order valence-electron chi connectivity index (χ2n) is 30.2. The number of rotatable bonds is 49. The summed E-state index contributed by atoms with van der Waals surface area (Å²) in [6.07, 6.45) is 30.5. The minimum Gasteiger partial charge on any atom is -0.465 e. The Balaban J connectivity index is 0.000000233. The van der Waals surface area contributed by atoms with Crippen LogP contribution in [0.4, 0.5) is 17.3 Å². The lowest BCUT2D eigenvalue weighted by Gasteiger charge is -2.28. The molecule has 3 saturated heterocycles. The number of nitrogens with one attached hydrogen (secondary N) is 2. The summed E-state index contributed by atoms with van der Waals surface area (Å²) in [4.78, 5) is 43.8. The number of nitrogens with two attached hydrogens (primary N) is 2. The Bertz CT molecular complexity index is 4360. The van der Waals surface area contributed by atoms with Gasteiger partial charge < -0.3 is 68.8 Å². The quantitative estimate of drug-likeness (QED) is 0.00612. The van der Waals surface area contributed by atoms with E-state index in [1.165, 1.54) is 190 Å². The number of anilines is 2. The van der Waals surface area contributed by atoms with Crippen LogP contribution >= 0.6 is 15.5 Å². The predicted octanol–water partition coefficient (Wildman–Crippen LogP) is 15.9. The maximum absolute atomic E-state index is 14.1. The summed E-state index contributed by atoms with van der Waals surface area (Å²) in [6, 6.07) is 30.2. The number of aromatic nitrogens is 6. The maximum Gasteiger partial charge on any atom is 0.513 e. The van der Waals surface area contributed by atoms with E-state index in [0.29, 0.717) is 34.7 Å². The van der Waals surface area contributed by atoms with Gasteiger partial charge in [0, 0.05) is 12.1 Å². The van der Waals surface area contributed by atoms with E-state index in [1.54, 1.807) is 103 Å². The van der Waals surface area contributed by atoms with E-state index in [0.717, 1.165) is 38.5 Å². The van der Waals surface area contributed by atoms with Crippen molar-refractivity contribution < 1.29 is 85.5 Å². The van der Waals surface area contributed by atoms with Gasteiger partial charge in [-0.05, 0) is 101 Å². The standard InChI is InChI=1S/C37H55N6O8P.C31H47N2O7P.C15H17N5O4/c1-3-4-5-6-7-8-9-10-11-12-13-14-15-19-24-48-36(46)28(2)42-52(47,51-29-20-17-16-18-21-29)49-26-37(25-38)34(45)32(44)33(50-37)30-22-23-31-35(39)40-27-41-43(30)31;1-3-4-5-6-7-8-9-10-11-12-13-14-15-19-26-38-31(34)27(2)32-41(37,39-29-20-17-16-18-21-29)40-30-24-22-28(23-25-30)33(35)36;1-14(2)22-11-10(23-15(5-16,6-21)12(11)24-14)8-3-4-9-13(17)18-7-19-20(8)9/h16-18,20-23,27-28,32-34,44-45H,3-15,19,24,26H2,1-2H3,(H,42,47)(H2,39,40,41);16-18,20-25,27H,3-15,19,26H2,1-2H3,(H,32,37);3-4,7,10-12,21H,6H2,1-2H3,(H2,17,18,19)/t28-,32-,33-,34-,37+,52?;27-,41?;10-,11-,12-,15+/m000/s1. The van der Waals surface area contributed by atoms with Gasteiger partial charge in [-0.1, -0.05) is 217 Å². The number of hydrogen-bond donors (Lipinski definition) is 7. The van der Waals surface area contributed by atoms with Crippen molar-refractivity contribution in [3.05, 3.63) is 143 Å². The number of aliphatic hydroxyl groups excluding tert-OH is 3. The molecule has 3 aromatic carbocycles. The zero-order valence-corrected chi connectivity index (χ0v) is 70.0. The van der Waals surface area contributed by atoms with E-state index >= 15 is 0 Å². The number of nitro benzene ring substituents is 1. The molecule has 0 bridgehead atoms. The van der Waals surface area contributed by atoms with Crippen molar-refractivity contribution in [2.45, 2.75) is 287 Å². The molecule has 3 fully saturated rings. The summed E-state index contributed by atoms with van der Waals surface area (Å²) in [7, 11) is -8.53. The summed E-state index contributed by atoms with van der Waals surface area (Å²) >= 11 is 0. The molecule has 32 nitrogen and oxygen atoms in total. The van der Waals surface area contributed by atoms with E-state index in [9.17, 15) is 54.7 Å². The van der Waals surface area contributed by atoms with Gasteiger partial charge in [-0.3, -0.25) is 24.2 Å². The molecule has 34 heteroatoms. The summed E-state index contributed by atoms with van der Waals surface area (Å²) in [5, 5.41) is 76.1. The molecule has 7 heterocycles. The molecule has 4 aromatic heterocycles. The first-order valence-corrected chi connectivity index (χ1v) is 44.3. The Morgan fingerprint density at radius 3 is 1.35 bits per heavy atom. The number of carbonyl (C=O) groups is 2. The number of aliphatic hydroxyl groups is 3. The minimum absolute atomic E-state index is 0.0883. The first-order chi connectivity index (χ1) is 56.4. The van der Waals surface area contributed by atoms with Gasteiger partial charge in [0.15, 0.2) is 17.4 Å². The van der Waals surface area contributed by atoms with Gasteiger partial charge in [0.2, 0.25) is 11.2 Å². The molecule has 12 atom stereocenters. The molecule has 640 valence electrons. The van der Waals surface area contributed by atoms with Crippen LogP contribution in [0.3, 0.4) is 0 Å². The van der Waals surface area contributed by atoms with Crippen molar-refractivity contribution in [1.82, 2.24) is 39.4 Å². The van der Waals surface area contributed by atoms with Crippen LogP contribution < -0.4 is 35.2 Å². The first kappa shape index (κ1) is 93.8. The highest BCUT2D eigenvalue weighted by atomic mass is 31.2.